The van der Waals surface area contributed by atoms with Crippen molar-refractivity contribution in [2.75, 3.05) is 6.54 Å². The van der Waals surface area contributed by atoms with Crippen LogP contribution in [0.3, 0.4) is 0 Å². The predicted octanol–water partition coefficient (Wildman–Crippen LogP) is 2.60. The highest BCUT2D eigenvalue weighted by Crippen LogP contribution is 2.16. The van der Waals surface area contributed by atoms with E-state index >= 15 is 0 Å². The summed E-state index contributed by atoms with van der Waals surface area (Å²) in [6.45, 7) is 1.80. The molecule has 0 aliphatic carbocycles. The number of halogens is 1. The summed E-state index contributed by atoms with van der Waals surface area (Å²) in [6, 6.07) is 13.1. The van der Waals surface area contributed by atoms with Crippen LogP contribution in [-0.2, 0) is 0 Å². The molecule has 2 aromatic rings. The van der Waals surface area contributed by atoms with Gasteiger partial charge in [-0.1, -0.05) is 36.4 Å². The predicted molar refractivity (Wildman–Crippen MR) is 74.9 cm³/mol. The van der Waals surface area contributed by atoms with Crippen molar-refractivity contribution in [2.45, 2.75) is 13.0 Å². The Morgan fingerprint density at radius 2 is 1.85 bits per heavy atom. The van der Waals surface area contributed by atoms with Crippen LogP contribution in [-0.4, -0.2) is 17.6 Å². The topological polar surface area (TPSA) is 49.3 Å². The van der Waals surface area contributed by atoms with E-state index in [1.54, 1.807) is 24.3 Å². The lowest BCUT2D eigenvalue weighted by atomic mass is 10.1. The van der Waals surface area contributed by atoms with Gasteiger partial charge < -0.3 is 10.4 Å². The van der Waals surface area contributed by atoms with Crippen LogP contribution in [0.15, 0.2) is 48.5 Å². The number of aryl methyl sites for hydroxylation is 1. The molecule has 0 radical (unpaired) electrons. The SMILES string of the molecule is Cc1ccccc1C(=O)NCC(O)c1ccccc1F. The Labute approximate surface area is 117 Å². The van der Waals surface area contributed by atoms with Crippen LogP contribution in [0.2, 0.25) is 0 Å². The molecule has 0 saturated heterocycles. The molecule has 0 aliphatic heterocycles. The molecule has 1 atom stereocenters. The fourth-order valence-electron chi connectivity index (χ4n) is 1.97. The van der Waals surface area contributed by atoms with Crippen molar-refractivity contribution in [3.8, 4) is 0 Å². The number of carbonyl (C=O) groups is 1. The van der Waals surface area contributed by atoms with Crippen molar-refractivity contribution in [1.29, 1.82) is 0 Å². The summed E-state index contributed by atoms with van der Waals surface area (Å²) in [5.41, 5.74) is 1.58. The van der Waals surface area contributed by atoms with Crippen molar-refractivity contribution in [3.63, 3.8) is 0 Å². The Morgan fingerprint density at radius 1 is 1.20 bits per heavy atom. The molecule has 0 spiro atoms. The van der Waals surface area contributed by atoms with Gasteiger partial charge >= 0.3 is 0 Å². The molecule has 2 N–H and O–H groups in total. The molecule has 1 amide bonds. The number of rotatable bonds is 4. The van der Waals surface area contributed by atoms with E-state index in [1.807, 2.05) is 19.1 Å². The number of hydrogen-bond acceptors (Lipinski definition) is 2. The number of benzene rings is 2. The smallest absolute Gasteiger partial charge is 0.251 e. The van der Waals surface area contributed by atoms with E-state index in [1.165, 1.54) is 12.1 Å². The van der Waals surface area contributed by atoms with Gasteiger partial charge in [0.15, 0.2) is 0 Å². The third-order valence-electron chi connectivity index (χ3n) is 3.11. The van der Waals surface area contributed by atoms with Crippen molar-refractivity contribution >= 4 is 5.91 Å². The molecule has 2 aromatic carbocycles. The molecule has 0 saturated carbocycles. The van der Waals surface area contributed by atoms with Crippen LogP contribution in [0.5, 0.6) is 0 Å². The van der Waals surface area contributed by atoms with Crippen molar-refractivity contribution in [1.82, 2.24) is 5.32 Å². The van der Waals surface area contributed by atoms with Gasteiger partial charge in [0.25, 0.3) is 5.91 Å². The van der Waals surface area contributed by atoms with E-state index in [-0.39, 0.29) is 18.0 Å². The minimum Gasteiger partial charge on any atom is -0.386 e. The van der Waals surface area contributed by atoms with Gasteiger partial charge in [0, 0.05) is 17.7 Å². The van der Waals surface area contributed by atoms with Gasteiger partial charge in [-0.05, 0) is 24.6 Å². The Balaban J connectivity index is 2.01. The Hall–Kier alpha value is -2.20. The van der Waals surface area contributed by atoms with E-state index in [9.17, 15) is 14.3 Å². The molecular weight excluding hydrogens is 257 g/mol. The summed E-state index contributed by atoms with van der Waals surface area (Å²) >= 11 is 0. The zero-order chi connectivity index (χ0) is 14.5. The van der Waals surface area contributed by atoms with Crippen LogP contribution in [0.25, 0.3) is 0 Å². The highest BCUT2D eigenvalue weighted by Gasteiger charge is 2.14. The monoisotopic (exact) mass is 273 g/mol. The zero-order valence-electron chi connectivity index (χ0n) is 11.1. The van der Waals surface area contributed by atoms with Crippen molar-refractivity contribution < 1.29 is 14.3 Å². The first-order valence-electron chi connectivity index (χ1n) is 6.36. The van der Waals surface area contributed by atoms with E-state index in [0.717, 1.165) is 5.56 Å². The quantitative estimate of drug-likeness (QED) is 0.899. The molecule has 0 fully saturated rings. The number of hydrogen-bond donors (Lipinski definition) is 2. The molecule has 3 nitrogen and oxygen atoms in total. The minimum atomic E-state index is -1.07. The highest BCUT2D eigenvalue weighted by atomic mass is 19.1. The van der Waals surface area contributed by atoms with E-state index < -0.39 is 11.9 Å². The Kier molecular flexibility index (Phi) is 4.48. The molecule has 0 aromatic heterocycles. The maximum Gasteiger partial charge on any atom is 0.251 e. The molecule has 104 valence electrons. The number of aliphatic hydroxyl groups is 1. The zero-order valence-corrected chi connectivity index (χ0v) is 11.1. The number of carbonyl (C=O) groups excluding carboxylic acids is 1. The van der Waals surface area contributed by atoms with Crippen LogP contribution >= 0.6 is 0 Å². The summed E-state index contributed by atoms with van der Waals surface area (Å²) in [7, 11) is 0. The van der Waals surface area contributed by atoms with Gasteiger partial charge in [-0.3, -0.25) is 4.79 Å². The average molecular weight is 273 g/mol. The largest absolute Gasteiger partial charge is 0.386 e. The summed E-state index contributed by atoms with van der Waals surface area (Å²) < 4.78 is 13.5. The molecular formula is C16H16FNO2. The molecule has 1 unspecified atom stereocenters. The molecule has 0 bridgehead atoms. The third kappa shape index (κ3) is 3.22. The first-order valence-corrected chi connectivity index (χ1v) is 6.36. The molecule has 20 heavy (non-hydrogen) atoms. The van der Waals surface area contributed by atoms with Crippen LogP contribution in [0, 0.1) is 12.7 Å². The third-order valence-corrected chi connectivity index (χ3v) is 3.11. The van der Waals surface area contributed by atoms with Crippen LogP contribution < -0.4 is 5.32 Å². The fraction of sp³-hybridized carbons (Fsp3) is 0.188. The average Bonchev–Trinajstić information content (AvgIpc) is 2.45. The van der Waals surface area contributed by atoms with E-state index in [4.69, 9.17) is 0 Å². The molecule has 2 rings (SSSR count). The van der Waals surface area contributed by atoms with Gasteiger partial charge in [-0.25, -0.2) is 4.39 Å². The van der Waals surface area contributed by atoms with E-state index in [0.29, 0.717) is 5.56 Å². The lowest BCUT2D eigenvalue weighted by Gasteiger charge is -2.13. The number of amides is 1. The summed E-state index contributed by atoms with van der Waals surface area (Å²) in [4.78, 5) is 12.0. The Bertz CT molecular complexity index is 613. The summed E-state index contributed by atoms with van der Waals surface area (Å²) in [5, 5.41) is 12.5. The summed E-state index contributed by atoms with van der Waals surface area (Å²) in [6.07, 6.45) is -1.07. The van der Waals surface area contributed by atoms with Gasteiger partial charge in [0.2, 0.25) is 0 Å². The van der Waals surface area contributed by atoms with Gasteiger partial charge in [-0.15, -0.1) is 0 Å². The normalized spacial score (nSPS) is 11.9. The lowest BCUT2D eigenvalue weighted by Crippen LogP contribution is -2.29. The van der Waals surface area contributed by atoms with Crippen LogP contribution in [0.1, 0.15) is 27.6 Å². The number of nitrogens with one attached hydrogen (secondary N) is 1. The Morgan fingerprint density at radius 3 is 2.55 bits per heavy atom. The standard InChI is InChI=1S/C16H16FNO2/c1-11-6-2-3-7-12(11)16(20)18-10-15(19)13-8-4-5-9-14(13)17/h2-9,15,19H,10H2,1H3,(H,18,20). The van der Waals surface area contributed by atoms with Gasteiger partial charge in [-0.2, -0.15) is 0 Å². The maximum absolute atomic E-state index is 13.5. The second-order valence-electron chi connectivity index (χ2n) is 4.56. The van der Waals surface area contributed by atoms with Crippen molar-refractivity contribution in [2.24, 2.45) is 0 Å². The van der Waals surface area contributed by atoms with E-state index in [2.05, 4.69) is 5.32 Å². The van der Waals surface area contributed by atoms with Gasteiger partial charge in [0.1, 0.15) is 5.82 Å². The summed E-state index contributed by atoms with van der Waals surface area (Å²) in [5.74, 6) is -0.761. The van der Waals surface area contributed by atoms with Crippen molar-refractivity contribution in [3.05, 3.63) is 71.0 Å². The fourth-order valence-corrected chi connectivity index (χ4v) is 1.97. The highest BCUT2D eigenvalue weighted by molar-refractivity contribution is 5.95. The molecule has 0 heterocycles. The maximum atomic E-state index is 13.5. The molecule has 0 aliphatic rings. The minimum absolute atomic E-state index is 0.0336. The van der Waals surface area contributed by atoms with Gasteiger partial charge in [0.05, 0.1) is 6.10 Å². The second-order valence-corrected chi connectivity index (χ2v) is 4.56. The first-order chi connectivity index (χ1) is 9.59. The molecule has 4 heteroatoms. The van der Waals surface area contributed by atoms with Crippen LogP contribution in [0.4, 0.5) is 4.39 Å². The lowest BCUT2D eigenvalue weighted by molar-refractivity contribution is 0.0913. The first kappa shape index (κ1) is 14.2. The number of aliphatic hydroxyl groups excluding tert-OH is 1. The second kappa shape index (κ2) is 6.30.